The van der Waals surface area contributed by atoms with Gasteiger partial charge in [-0.05, 0) is 44.3 Å². The summed E-state index contributed by atoms with van der Waals surface area (Å²) in [6, 6.07) is 10.9. The van der Waals surface area contributed by atoms with E-state index in [-0.39, 0.29) is 6.04 Å². The fourth-order valence-electron chi connectivity index (χ4n) is 3.62. The van der Waals surface area contributed by atoms with Crippen molar-refractivity contribution in [3.05, 3.63) is 35.9 Å². The number of hydrogen-bond acceptors (Lipinski definition) is 2. The molecular weight excluding hydrogens is 260 g/mol. The summed E-state index contributed by atoms with van der Waals surface area (Å²) < 4.78 is 0. The van der Waals surface area contributed by atoms with Crippen LogP contribution in [0.1, 0.15) is 50.1 Å². The molecule has 3 nitrogen and oxygen atoms in total. The van der Waals surface area contributed by atoms with Gasteiger partial charge >= 0.3 is 0 Å². The van der Waals surface area contributed by atoms with E-state index in [2.05, 4.69) is 40.1 Å². The summed E-state index contributed by atoms with van der Waals surface area (Å²) in [5.74, 6) is 0.340. The van der Waals surface area contributed by atoms with Crippen LogP contribution in [0.5, 0.6) is 0 Å². The molecule has 2 aliphatic rings. The molecule has 114 valence electrons. The third-order valence-corrected chi connectivity index (χ3v) is 4.84. The third-order valence-electron chi connectivity index (χ3n) is 4.84. The van der Waals surface area contributed by atoms with E-state index in [9.17, 15) is 4.79 Å². The largest absolute Gasteiger partial charge is 0.343 e. The van der Waals surface area contributed by atoms with Crippen LogP contribution in [0.4, 0.5) is 0 Å². The first kappa shape index (κ1) is 14.6. The summed E-state index contributed by atoms with van der Waals surface area (Å²) in [6.07, 6.45) is 6.85. The normalized spacial score (nSPS) is 21.4. The van der Waals surface area contributed by atoms with E-state index in [0.717, 1.165) is 26.2 Å². The molecule has 0 bridgehead atoms. The molecule has 0 radical (unpaired) electrons. The minimum absolute atomic E-state index is 0.264. The summed E-state index contributed by atoms with van der Waals surface area (Å²) in [5, 5.41) is 0. The molecule has 2 aliphatic heterocycles. The Morgan fingerprint density at radius 2 is 1.52 bits per heavy atom. The number of amides is 1. The van der Waals surface area contributed by atoms with Crippen molar-refractivity contribution in [3.8, 4) is 0 Å². The highest BCUT2D eigenvalue weighted by atomic mass is 16.2. The van der Waals surface area contributed by atoms with Crippen LogP contribution < -0.4 is 0 Å². The molecule has 2 saturated heterocycles. The Morgan fingerprint density at radius 1 is 0.905 bits per heavy atom. The van der Waals surface area contributed by atoms with Crippen molar-refractivity contribution in [1.82, 2.24) is 9.80 Å². The number of rotatable bonds is 4. The Bertz CT molecular complexity index is 448. The monoisotopic (exact) mass is 286 g/mol. The minimum atomic E-state index is 0.264. The molecule has 1 amide bonds. The second-order valence-electron chi connectivity index (χ2n) is 6.32. The van der Waals surface area contributed by atoms with Crippen LogP contribution in [0.25, 0.3) is 0 Å². The van der Waals surface area contributed by atoms with Crippen molar-refractivity contribution in [2.24, 2.45) is 0 Å². The first-order valence-corrected chi connectivity index (χ1v) is 8.41. The molecule has 0 spiro atoms. The van der Waals surface area contributed by atoms with Gasteiger partial charge in [-0.15, -0.1) is 0 Å². The Kier molecular flexibility index (Phi) is 4.91. The van der Waals surface area contributed by atoms with Crippen molar-refractivity contribution in [1.29, 1.82) is 0 Å². The number of carbonyl (C=O) groups excluding carboxylic acids is 1. The number of hydrogen-bond donors (Lipinski definition) is 0. The molecule has 1 atom stereocenters. The van der Waals surface area contributed by atoms with Crippen molar-refractivity contribution in [3.63, 3.8) is 0 Å². The summed E-state index contributed by atoms with van der Waals surface area (Å²) in [6.45, 7) is 4.18. The van der Waals surface area contributed by atoms with Crippen molar-refractivity contribution >= 4 is 5.91 Å². The number of piperidine rings is 1. The maximum Gasteiger partial charge on any atom is 0.224 e. The van der Waals surface area contributed by atoms with Gasteiger partial charge in [-0.25, -0.2) is 0 Å². The predicted molar refractivity (Wildman–Crippen MR) is 85.0 cm³/mol. The Hall–Kier alpha value is -1.35. The number of carbonyl (C=O) groups is 1. The lowest BCUT2D eigenvalue weighted by Gasteiger charge is -2.35. The first-order valence-electron chi connectivity index (χ1n) is 8.41. The smallest absolute Gasteiger partial charge is 0.224 e. The van der Waals surface area contributed by atoms with Crippen LogP contribution in [0.3, 0.4) is 0 Å². The molecule has 3 rings (SSSR count). The van der Waals surface area contributed by atoms with Crippen molar-refractivity contribution < 1.29 is 4.79 Å². The quantitative estimate of drug-likeness (QED) is 0.848. The van der Waals surface area contributed by atoms with Gasteiger partial charge in [0.25, 0.3) is 0 Å². The van der Waals surface area contributed by atoms with E-state index < -0.39 is 0 Å². The van der Waals surface area contributed by atoms with Crippen LogP contribution in [0.2, 0.25) is 0 Å². The fourth-order valence-corrected chi connectivity index (χ4v) is 3.62. The maximum absolute atomic E-state index is 12.6. The average molecular weight is 286 g/mol. The topological polar surface area (TPSA) is 23.6 Å². The molecule has 0 aliphatic carbocycles. The molecular formula is C18H26N2O. The highest BCUT2D eigenvalue weighted by Gasteiger charge is 2.27. The van der Waals surface area contributed by atoms with E-state index in [0.29, 0.717) is 12.3 Å². The van der Waals surface area contributed by atoms with Crippen LogP contribution in [0.15, 0.2) is 30.3 Å². The molecule has 1 unspecified atom stereocenters. The number of likely N-dealkylation sites (tertiary alicyclic amines) is 2. The van der Waals surface area contributed by atoms with Gasteiger partial charge in [-0.1, -0.05) is 36.8 Å². The van der Waals surface area contributed by atoms with Crippen LogP contribution in [0, 0.1) is 0 Å². The fraction of sp³-hybridized carbons (Fsp3) is 0.611. The SMILES string of the molecule is O=C(CC(c1ccccc1)N1CCCCC1)N1CCCC1. The van der Waals surface area contributed by atoms with Gasteiger partial charge in [0.05, 0.1) is 0 Å². The zero-order valence-electron chi connectivity index (χ0n) is 12.8. The van der Waals surface area contributed by atoms with Gasteiger partial charge in [0.15, 0.2) is 0 Å². The molecule has 1 aromatic carbocycles. The highest BCUT2D eigenvalue weighted by Crippen LogP contribution is 2.28. The van der Waals surface area contributed by atoms with Gasteiger partial charge in [-0.2, -0.15) is 0 Å². The Balaban J connectivity index is 1.73. The minimum Gasteiger partial charge on any atom is -0.343 e. The first-order chi connectivity index (χ1) is 10.3. The third kappa shape index (κ3) is 3.65. The molecule has 0 saturated carbocycles. The molecule has 21 heavy (non-hydrogen) atoms. The lowest BCUT2D eigenvalue weighted by molar-refractivity contribution is -0.131. The van der Waals surface area contributed by atoms with Gasteiger partial charge in [0.1, 0.15) is 0 Å². The Morgan fingerprint density at radius 3 is 2.19 bits per heavy atom. The second-order valence-corrected chi connectivity index (χ2v) is 6.32. The van der Waals surface area contributed by atoms with Crippen molar-refractivity contribution in [2.45, 2.75) is 44.6 Å². The van der Waals surface area contributed by atoms with Crippen LogP contribution in [-0.2, 0) is 4.79 Å². The van der Waals surface area contributed by atoms with Crippen molar-refractivity contribution in [2.75, 3.05) is 26.2 Å². The van der Waals surface area contributed by atoms with Gasteiger partial charge in [-0.3, -0.25) is 9.69 Å². The van der Waals surface area contributed by atoms with E-state index in [4.69, 9.17) is 0 Å². The molecule has 1 aromatic rings. The van der Waals surface area contributed by atoms with Gasteiger partial charge in [0.2, 0.25) is 5.91 Å². The number of nitrogens with zero attached hydrogens (tertiary/aromatic N) is 2. The molecule has 3 heteroatoms. The molecule has 2 heterocycles. The van der Waals surface area contributed by atoms with Crippen LogP contribution in [-0.4, -0.2) is 41.9 Å². The lowest BCUT2D eigenvalue weighted by Crippen LogP contribution is -2.38. The number of benzene rings is 1. The highest BCUT2D eigenvalue weighted by molar-refractivity contribution is 5.77. The summed E-state index contributed by atoms with van der Waals surface area (Å²) >= 11 is 0. The van der Waals surface area contributed by atoms with Gasteiger partial charge in [0, 0.05) is 25.6 Å². The standard InChI is InChI=1S/C18H26N2O/c21-18(20-13-7-8-14-20)15-17(16-9-3-1-4-10-16)19-11-5-2-6-12-19/h1,3-4,9-10,17H,2,5-8,11-15H2. The summed E-state index contributed by atoms with van der Waals surface area (Å²) in [5.41, 5.74) is 1.30. The molecule has 0 N–H and O–H groups in total. The maximum atomic E-state index is 12.6. The van der Waals surface area contributed by atoms with E-state index in [1.54, 1.807) is 0 Å². The van der Waals surface area contributed by atoms with E-state index in [1.807, 2.05) is 0 Å². The summed E-state index contributed by atoms with van der Waals surface area (Å²) in [7, 11) is 0. The zero-order valence-corrected chi connectivity index (χ0v) is 12.8. The van der Waals surface area contributed by atoms with Gasteiger partial charge < -0.3 is 4.90 Å². The predicted octanol–water partition coefficient (Wildman–Crippen LogP) is 3.23. The lowest BCUT2D eigenvalue weighted by atomic mass is 9.98. The zero-order chi connectivity index (χ0) is 14.5. The average Bonchev–Trinajstić information content (AvgIpc) is 3.09. The Labute approximate surface area is 127 Å². The van der Waals surface area contributed by atoms with E-state index in [1.165, 1.54) is 37.7 Å². The molecule has 0 aromatic heterocycles. The van der Waals surface area contributed by atoms with Crippen LogP contribution >= 0.6 is 0 Å². The summed E-state index contributed by atoms with van der Waals surface area (Å²) in [4.78, 5) is 17.1. The van der Waals surface area contributed by atoms with E-state index >= 15 is 0 Å². The molecule has 2 fully saturated rings. The second kappa shape index (κ2) is 7.08.